The Morgan fingerprint density at radius 1 is 0.347 bits per heavy atom. The highest BCUT2D eigenvalue weighted by Gasteiger charge is 2.65. The first-order valence-electron chi connectivity index (χ1n) is 52.7. The largest absolute Gasteiger partial charge is 0.505 e. The van der Waals surface area contributed by atoms with E-state index in [1.54, 1.807) is 95.2 Å². The fraction of sp³-hybridized carbons (Fsp3) is 0.444. The van der Waals surface area contributed by atoms with Crippen LogP contribution < -0.4 is 28.4 Å². The second-order valence-electron chi connectivity index (χ2n) is 44.9. The molecule has 21 rings (SSSR count). The van der Waals surface area contributed by atoms with E-state index in [9.17, 15) is 42.9 Å². The van der Waals surface area contributed by atoms with E-state index in [0.29, 0.717) is 118 Å². The van der Waals surface area contributed by atoms with Gasteiger partial charge in [-0.05, 0) is 348 Å². The Bertz CT molecular complexity index is 6430. The van der Waals surface area contributed by atoms with Crippen LogP contribution in [0.25, 0.3) is 44.5 Å². The molecule has 3 radical (unpaired) electrons. The summed E-state index contributed by atoms with van der Waals surface area (Å²) in [5.41, 5.74) is 17.6. The van der Waals surface area contributed by atoms with Crippen LogP contribution in [0.5, 0.6) is 40.2 Å². The number of aromatic hydroxyl groups is 1. The maximum Gasteiger partial charge on any atom is 0.309 e. The van der Waals surface area contributed by atoms with Crippen LogP contribution in [-0.2, 0) is 79.6 Å². The number of fused-ring (bicyclic) bond motifs is 6. The molecule has 0 amide bonds. The van der Waals surface area contributed by atoms with E-state index in [0.717, 1.165) is 169 Å². The number of carboxylic acids is 2. The minimum atomic E-state index is -0.853. The lowest BCUT2D eigenvalue weighted by Crippen LogP contribution is -2.23. The second kappa shape index (κ2) is 44.0. The molecule has 0 bridgehead atoms. The van der Waals surface area contributed by atoms with Gasteiger partial charge in [0, 0.05) is 79.8 Å². The van der Waals surface area contributed by atoms with Crippen molar-refractivity contribution >= 4 is 49.5 Å². The van der Waals surface area contributed by atoms with Crippen molar-refractivity contribution in [2.24, 2.45) is 39.4 Å². The van der Waals surface area contributed by atoms with Gasteiger partial charge < -0.3 is 48.5 Å². The summed E-state index contributed by atoms with van der Waals surface area (Å²) < 4.78 is 153. The highest BCUT2D eigenvalue weighted by atomic mass is 35.5. The highest BCUT2D eigenvalue weighted by molar-refractivity contribution is 6.17. The lowest BCUT2D eigenvalue weighted by molar-refractivity contribution is -0.143. The van der Waals surface area contributed by atoms with E-state index in [1.807, 2.05) is 60.7 Å². The van der Waals surface area contributed by atoms with Gasteiger partial charge in [-0.2, -0.15) is 0 Å². The van der Waals surface area contributed by atoms with Crippen molar-refractivity contribution in [2.75, 3.05) is 35.5 Å². The van der Waals surface area contributed by atoms with Crippen molar-refractivity contribution in [1.29, 1.82) is 0 Å². The first kappa shape index (κ1) is 107. The van der Waals surface area contributed by atoms with Gasteiger partial charge in [0.15, 0.2) is 34.7 Å². The third kappa shape index (κ3) is 21.8. The number of carboxylic acid groups (broad SMARTS) is 2. The van der Waals surface area contributed by atoms with E-state index in [2.05, 4.69) is 79.7 Å². The van der Waals surface area contributed by atoms with Crippen molar-refractivity contribution in [3.63, 3.8) is 0 Å². The Kier molecular flexibility index (Phi) is 32.0. The van der Waals surface area contributed by atoms with Crippen molar-refractivity contribution in [3.8, 4) is 84.8 Å². The maximum atomic E-state index is 15.9. The number of aliphatic carboxylic acids is 2. The average Bonchev–Trinajstić information content (AvgIpc) is 1.56. The van der Waals surface area contributed by atoms with Gasteiger partial charge in [0.25, 0.3) is 0 Å². The normalized spacial score (nSPS) is 23.3. The minimum absolute atomic E-state index is 0. The van der Waals surface area contributed by atoms with Crippen molar-refractivity contribution in [3.05, 3.63) is 301 Å². The molecular formula is C124H139BCl2F7O13. The van der Waals surface area contributed by atoms with Crippen LogP contribution in [0.4, 0.5) is 30.7 Å². The molecule has 13 nitrogen and oxygen atoms in total. The van der Waals surface area contributed by atoms with Crippen LogP contribution in [0.2, 0.25) is 0 Å². The van der Waals surface area contributed by atoms with Gasteiger partial charge in [-0.15, -0.1) is 23.2 Å². The number of benzene rings is 11. The summed E-state index contributed by atoms with van der Waals surface area (Å²) in [5.74, 6) is -0.929. The molecule has 0 aromatic heterocycles. The summed E-state index contributed by atoms with van der Waals surface area (Å²) in [6.45, 7) is 18.6. The molecule has 0 aliphatic heterocycles. The van der Waals surface area contributed by atoms with Crippen LogP contribution in [0.15, 0.2) is 182 Å². The van der Waals surface area contributed by atoms with Crippen LogP contribution >= 0.6 is 23.2 Å². The van der Waals surface area contributed by atoms with Crippen LogP contribution in [0.1, 0.15) is 296 Å². The van der Waals surface area contributed by atoms with Crippen LogP contribution in [0, 0.1) is 80.1 Å². The summed E-state index contributed by atoms with van der Waals surface area (Å²) in [6, 6.07) is 54.0. The van der Waals surface area contributed by atoms with E-state index >= 15 is 17.6 Å². The molecule has 7 fully saturated rings. The molecule has 3 N–H and O–H groups in total. The molecule has 779 valence electrons. The number of esters is 1. The molecule has 10 aliphatic rings. The number of rotatable bonds is 23. The summed E-state index contributed by atoms with van der Waals surface area (Å²) in [5, 5.41) is 28.8. The summed E-state index contributed by atoms with van der Waals surface area (Å²) >= 11 is 12.1. The Morgan fingerprint density at radius 2 is 0.626 bits per heavy atom. The van der Waals surface area contributed by atoms with E-state index in [-0.39, 0.29) is 109 Å². The highest BCUT2D eigenvalue weighted by Crippen LogP contribution is 2.66. The third-order valence-corrected chi connectivity index (χ3v) is 35.2. The number of carbonyl (C=O) groups is 3. The summed E-state index contributed by atoms with van der Waals surface area (Å²) in [7, 11) is 7.72. The first-order valence-corrected chi connectivity index (χ1v) is 52.8. The predicted molar refractivity (Wildman–Crippen MR) is 569 cm³/mol. The van der Waals surface area contributed by atoms with Crippen molar-refractivity contribution in [1.82, 2.24) is 0 Å². The Hall–Kier alpha value is -11.4. The van der Waals surface area contributed by atoms with E-state index in [4.69, 9.17) is 59.3 Å². The smallest absolute Gasteiger partial charge is 0.309 e. The number of hydrogen-bond acceptors (Lipinski definition) is 11. The van der Waals surface area contributed by atoms with Crippen LogP contribution in [-0.4, -0.2) is 77.2 Å². The fourth-order valence-corrected chi connectivity index (χ4v) is 26.6. The lowest BCUT2D eigenvalue weighted by Gasteiger charge is -2.30. The zero-order valence-electron chi connectivity index (χ0n) is 88.6. The van der Waals surface area contributed by atoms with Gasteiger partial charge in [0.05, 0.1) is 53.3 Å². The number of carbonyl (C=O) groups excluding carboxylic acids is 1. The zero-order valence-corrected chi connectivity index (χ0v) is 88.1. The molecule has 0 saturated heterocycles. The molecule has 0 heterocycles. The molecule has 11 aromatic carbocycles. The number of halogens is 9. The quantitative estimate of drug-likeness (QED) is 0.0239. The molecule has 7 saturated carbocycles. The summed E-state index contributed by atoms with van der Waals surface area (Å²) in [6.07, 6.45) is 22.3. The van der Waals surface area contributed by atoms with Crippen LogP contribution in [0.3, 0.4) is 0 Å². The Labute approximate surface area is 876 Å². The molecule has 10 aliphatic carbocycles. The number of ether oxygens (including phenoxy) is 7. The topological polar surface area (TPSA) is 177 Å². The molecule has 147 heavy (non-hydrogen) atoms. The number of aryl methyl sites for hydroxylation is 3. The average molecular weight is 2060 g/mol. The molecular weight excluding hydrogens is 1910 g/mol. The Morgan fingerprint density at radius 3 is 0.898 bits per heavy atom. The van der Waals surface area contributed by atoms with Gasteiger partial charge in [0.1, 0.15) is 59.5 Å². The molecule has 11 aromatic rings. The number of hydrogen-bond donors (Lipinski definition) is 3. The third-order valence-electron chi connectivity index (χ3n) is 34.5. The van der Waals surface area contributed by atoms with Gasteiger partial charge >= 0.3 is 17.9 Å². The van der Waals surface area contributed by atoms with Crippen molar-refractivity contribution in [2.45, 2.75) is 274 Å². The fourth-order valence-electron chi connectivity index (χ4n) is 26.3. The monoisotopic (exact) mass is 2060 g/mol. The number of methoxy groups -OCH3 is 5. The van der Waals surface area contributed by atoms with Gasteiger partial charge in [-0.1, -0.05) is 172 Å². The molecule has 3 spiro atoms. The standard InChI is InChI=1S/2C34H36F2O4.2C21H24ClFO.C14H15FO3.B.2H2/c2*1-33(2)14-5-7-26(33)24-16-20(8-11-23(24)25-17-22(39-3)10-12-28(25)35)19-40-29-13-9-21-6-4-15-34(30(21)31(29)36)18-27(34)32(37)38;2*1-21(2)10-4-5-19(21)17-11-14(13-22)6-8-16(17)18-12-15(24-3)7-9-20(18)23;1-18-13(17)9-7-14(9)6-2-3-8-4-5-10(16)12(15)11(8)14;;;/h2*8-13,16-17,26-27H,4-7,14-15,18-19H2,1-3H3,(H,37,38);2*6-9,11-12,19H,4-5,10,13H2,1-3H3;4-5,9,16H,2-3,6-7H2,1H3;;2*1H/t26-,27+,34-;26-,27-,34+;2*19-;9-,14+;;;/m01101.../s1/i;;;;;;1+2T;1+2. The number of phenolic OH excluding ortho intramolecular Hbond substituents is 1. The molecule has 23 heteroatoms. The SMILES string of the molecule is COC(=O)[C@H]1C[C@@]12CCCc1ccc(O)c(F)c12.COc1ccc(F)c(-c2ccc(CCl)cc2[C@@H]2CCCC2(C)C)c1.COc1ccc(F)c(-c2ccc(CCl)cc2[C@H]2CCCC2(C)C)c1.COc1ccc(F)c(-c2ccc(COc3ccc4c(c3F)[C@@]3(CCC4)C[C@@H]3C(=O)O)cc2[C@@H]2CCCC2(C)C)c1.COc1ccc(F)c(-c2ccc(COc3ccc4c(c3F)[C@@]3(CCC4)C[C@@H]3C(=O)O)cc2[C@H]2CCCC2(C)C)c1.[3HH].[3H][3H].[B]. The number of alkyl halides is 2. The van der Waals surface area contributed by atoms with Crippen molar-refractivity contribution < 1.29 is 98.0 Å². The van der Waals surface area contributed by atoms with Gasteiger partial charge in [0.2, 0.25) is 0 Å². The predicted octanol–water partition coefficient (Wildman–Crippen LogP) is 31.9. The molecule has 0 unspecified atom stereocenters. The maximum absolute atomic E-state index is 15.9. The molecule has 10 atom stereocenters. The lowest BCUT2D eigenvalue weighted by atomic mass is 9.75. The van der Waals surface area contributed by atoms with Gasteiger partial charge in [-0.25, -0.2) is 30.7 Å². The van der Waals surface area contributed by atoms with Gasteiger partial charge in [-0.3, -0.25) is 14.4 Å². The second-order valence-corrected chi connectivity index (χ2v) is 45.4. The zero-order chi connectivity index (χ0) is 106. The number of phenols is 1. The minimum Gasteiger partial charge on any atom is -0.505 e. The van der Waals surface area contributed by atoms with E-state index in [1.165, 1.54) is 74.3 Å². The van der Waals surface area contributed by atoms with E-state index < -0.39 is 57.5 Å². The first-order chi connectivity index (χ1) is 70.8. The Balaban J connectivity index is 0.000000151. The summed E-state index contributed by atoms with van der Waals surface area (Å²) in [4.78, 5) is 35.1.